The maximum absolute atomic E-state index is 12.5. The quantitative estimate of drug-likeness (QED) is 0.0371. The van der Waals surface area contributed by atoms with Gasteiger partial charge < -0.3 is 20.6 Å². The summed E-state index contributed by atoms with van der Waals surface area (Å²) in [4.78, 5) is 12.5. The number of rotatable bonds is 43. The third-order valence-electron chi connectivity index (χ3n) is 11.1. The maximum atomic E-state index is 12.5. The molecule has 0 fully saturated rings. The molecule has 0 aliphatic rings. The minimum atomic E-state index is -0.749. The van der Waals surface area contributed by atoms with E-state index in [9.17, 15) is 20.1 Å². The molecule has 3 atom stereocenters. The van der Waals surface area contributed by atoms with E-state index < -0.39 is 18.2 Å². The van der Waals surface area contributed by atoms with E-state index in [4.69, 9.17) is 0 Å². The molecule has 0 spiro atoms. The average Bonchev–Trinajstić information content (AvgIpc) is 3.14. The van der Waals surface area contributed by atoms with E-state index in [1.165, 1.54) is 193 Å². The third-order valence-corrected chi connectivity index (χ3v) is 11.1. The van der Waals surface area contributed by atoms with Crippen LogP contribution in [0.25, 0.3) is 0 Å². The van der Waals surface area contributed by atoms with Crippen molar-refractivity contribution in [1.29, 1.82) is 0 Å². The van der Waals surface area contributed by atoms with Crippen molar-refractivity contribution in [3.8, 4) is 0 Å². The Hall–Kier alpha value is -0.910. The van der Waals surface area contributed by atoms with Crippen LogP contribution >= 0.6 is 0 Å². The summed E-state index contributed by atoms with van der Waals surface area (Å²) in [6.07, 6.45) is 50.4. The molecule has 0 saturated heterocycles. The zero-order chi connectivity index (χ0) is 38.0. The highest BCUT2D eigenvalue weighted by molar-refractivity contribution is 5.76. The van der Waals surface area contributed by atoms with Crippen molar-refractivity contribution in [3.63, 3.8) is 0 Å². The van der Waals surface area contributed by atoms with Crippen molar-refractivity contribution in [2.45, 2.75) is 276 Å². The molecule has 1 amide bonds. The molecule has 0 saturated carbocycles. The van der Waals surface area contributed by atoms with E-state index >= 15 is 0 Å². The molecule has 0 aliphatic carbocycles. The fourth-order valence-corrected chi connectivity index (χ4v) is 7.46. The number of aliphatic hydroxyl groups is 3. The summed E-state index contributed by atoms with van der Waals surface area (Å²) in [5.41, 5.74) is 0. The van der Waals surface area contributed by atoms with Gasteiger partial charge >= 0.3 is 0 Å². The van der Waals surface area contributed by atoms with Crippen molar-refractivity contribution < 1.29 is 20.1 Å². The minimum absolute atomic E-state index is 0.0337. The highest BCUT2D eigenvalue weighted by Crippen LogP contribution is 2.17. The standard InChI is InChI=1S/C47H93NO4/c1-3-5-7-9-11-13-15-17-19-20-21-22-23-24-25-27-29-31-33-35-37-39-41-46(51)45(43-49)48-47(52)42-44(50)40-38-36-34-32-30-28-26-18-16-14-12-10-8-6-4-2/h18,26,44-46,49-51H,3-17,19-25,27-43H2,1-2H3,(H,48,52)/b26-18-. The fraction of sp³-hybridized carbons (Fsp3) is 0.936. The lowest BCUT2D eigenvalue weighted by molar-refractivity contribution is -0.125. The monoisotopic (exact) mass is 736 g/mol. The number of aliphatic hydroxyl groups excluding tert-OH is 3. The Balaban J connectivity index is 3.57. The molecule has 3 unspecified atom stereocenters. The first-order valence-corrected chi connectivity index (χ1v) is 23.5. The van der Waals surface area contributed by atoms with Crippen molar-refractivity contribution >= 4 is 5.91 Å². The van der Waals surface area contributed by atoms with Crippen LogP contribution in [0.15, 0.2) is 12.2 Å². The van der Waals surface area contributed by atoms with Crippen LogP contribution in [-0.4, -0.2) is 46.1 Å². The van der Waals surface area contributed by atoms with Gasteiger partial charge in [0.05, 0.1) is 31.3 Å². The number of hydrogen-bond donors (Lipinski definition) is 4. The van der Waals surface area contributed by atoms with Gasteiger partial charge in [0.15, 0.2) is 0 Å². The molecule has 0 aromatic carbocycles. The normalized spacial score (nSPS) is 13.6. The van der Waals surface area contributed by atoms with E-state index in [0.717, 1.165) is 32.1 Å². The average molecular weight is 736 g/mol. The third kappa shape index (κ3) is 38.8. The van der Waals surface area contributed by atoms with Gasteiger partial charge in [-0.2, -0.15) is 0 Å². The number of nitrogens with one attached hydrogen (secondary N) is 1. The summed E-state index contributed by atoms with van der Waals surface area (Å²) >= 11 is 0. The smallest absolute Gasteiger partial charge is 0.222 e. The molecule has 5 nitrogen and oxygen atoms in total. The number of carbonyl (C=O) groups is 1. The predicted octanol–water partition coefficient (Wildman–Crippen LogP) is 13.6. The molecule has 52 heavy (non-hydrogen) atoms. The number of carbonyl (C=O) groups excluding carboxylic acids is 1. The molecule has 0 aliphatic heterocycles. The lowest BCUT2D eigenvalue weighted by Gasteiger charge is -2.23. The topological polar surface area (TPSA) is 89.8 Å². The highest BCUT2D eigenvalue weighted by Gasteiger charge is 2.21. The van der Waals surface area contributed by atoms with Crippen LogP contribution in [0.5, 0.6) is 0 Å². The van der Waals surface area contributed by atoms with E-state index in [-0.39, 0.29) is 18.9 Å². The van der Waals surface area contributed by atoms with Gasteiger partial charge in [0.2, 0.25) is 5.91 Å². The molecular formula is C47H93NO4. The zero-order valence-corrected chi connectivity index (χ0v) is 35.2. The van der Waals surface area contributed by atoms with Crippen LogP contribution in [0.1, 0.15) is 258 Å². The summed E-state index contributed by atoms with van der Waals surface area (Å²) in [6.45, 7) is 4.27. The van der Waals surface area contributed by atoms with Crippen molar-refractivity contribution in [1.82, 2.24) is 5.32 Å². The molecule has 5 heteroatoms. The largest absolute Gasteiger partial charge is 0.394 e. The predicted molar refractivity (Wildman–Crippen MR) is 227 cm³/mol. The van der Waals surface area contributed by atoms with Crippen LogP contribution in [0.3, 0.4) is 0 Å². The Bertz CT molecular complexity index is 728. The first-order chi connectivity index (χ1) is 25.5. The molecule has 4 N–H and O–H groups in total. The van der Waals surface area contributed by atoms with Gasteiger partial charge in [-0.15, -0.1) is 0 Å². The molecule has 0 heterocycles. The maximum Gasteiger partial charge on any atom is 0.222 e. The Morgan fingerprint density at radius 1 is 0.462 bits per heavy atom. The van der Waals surface area contributed by atoms with E-state index in [1.807, 2.05) is 0 Å². The fourth-order valence-electron chi connectivity index (χ4n) is 7.46. The van der Waals surface area contributed by atoms with Crippen LogP contribution in [-0.2, 0) is 4.79 Å². The highest BCUT2D eigenvalue weighted by atomic mass is 16.3. The first-order valence-electron chi connectivity index (χ1n) is 23.5. The lowest BCUT2D eigenvalue weighted by atomic mass is 10.0. The van der Waals surface area contributed by atoms with Gasteiger partial charge in [-0.1, -0.05) is 225 Å². The van der Waals surface area contributed by atoms with Crippen LogP contribution in [0.4, 0.5) is 0 Å². The summed E-state index contributed by atoms with van der Waals surface area (Å²) in [5, 5.41) is 33.4. The van der Waals surface area contributed by atoms with Crippen molar-refractivity contribution in [2.24, 2.45) is 0 Å². The van der Waals surface area contributed by atoms with Gasteiger partial charge in [0.1, 0.15) is 0 Å². The number of unbranched alkanes of at least 4 members (excludes halogenated alkanes) is 32. The second-order valence-electron chi connectivity index (χ2n) is 16.4. The molecule has 0 rings (SSSR count). The van der Waals surface area contributed by atoms with Gasteiger partial charge in [-0.3, -0.25) is 4.79 Å². The van der Waals surface area contributed by atoms with Gasteiger partial charge in [0.25, 0.3) is 0 Å². The van der Waals surface area contributed by atoms with Crippen molar-refractivity contribution in [2.75, 3.05) is 6.61 Å². The van der Waals surface area contributed by atoms with Gasteiger partial charge in [-0.05, 0) is 38.5 Å². The lowest BCUT2D eigenvalue weighted by Crippen LogP contribution is -2.46. The number of amides is 1. The Labute approximate surface area is 325 Å². The van der Waals surface area contributed by atoms with E-state index in [2.05, 4.69) is 31.3 Å². The Morgan fingerprint density at radius 2 is 0.769 bits per heavy atom. The molecular weight excluding hydrogens is 643 g/mol. The zero-order valence-electron chi connectivity index (χ0n) is 35.2. The van der Waals surface area contributed by atoms with Crippen LogP contribution in [0.2, 0.25) is 0 Å². The number of allylic oxidation sites excluding steroid dienone is 2. The summed E-state index contributed by atoms with van der Waals surface area (Å²) in [5.74, 6) is -0.285. The molecule has 0 aromatic heterocycles. The second-order valence-corrected chi connectivity index (χ2v) is 16.4. The molecule has 0 aromatic rings. The van der Waals surface area contributed by atoms with E-state index in [1.54, 1.807) is 0 Å². The second kappa shape index (κ2) is 42.8. The molecule has 0 radical (unpaired) electrons. The van der Waals surface area contributed by atoms with Gasteiger partial charge in [0, 0.05) is 0 Å². The van der Waals surface area contributed by atoms with Crippen LogP contribution in [0, 0.1) is 0 Å². The minimum Gasteiger partial charge on any atom is -0.394 e. The Kier molecular flexibility index (Phi) is 42.1. The summed E-state index contributed by atoms with van der Waals surface area (Å²) in [7, 11) is 0. The van der Waals surface area contributed by atoms with Crippen LogP contribution < -0.4 is 5.32 Å². The summed E-state index contributed by atoms with van der Waals surface area (Å²) < 4.78 is 0. The SMILES string of the molecule is CCCCCCCC/C=C\CCCCCCCC(O)CC(=O)NC(CO)C(O)CCCCCCCCCCCCCCCCCCCCCCCC. The molecule has 310 valence electrons. The summed E-state index contributed by atoms with van der Waals surface area (Å²) in [6, 6.07) is -0.658. The van der Waals surface area contributed by atoms with Crippen molar-refractivity contribution in [3.05, 3.63) is 12.2 Å². The first kappa shape index (κ1) is 51.1. The molecule has 0 bridgehead atoms. The number of hydrogen-bond acceptors (Lipinski definition) is 4. The van der Waals surface area contributed by atoms with Gasteiger partial charge in [-0.25, -0.2) is 0 Å². The Morgan fingerprint density at radius 3 is 1.12 bits per heavy atom. The van der Waals surface area contributed by atoms with E-state index in [0.29, 0.717) is 12.8 Å².